The van der Waals surface area contributed by atoms with Gasteiger partial charge in [0.1, 0.15) is 0 Å². The second kappa shape index (κ2) is 8.93. The Hall–Kier alpha value is -0.0800. The standard InChI is InChI=1S/C15H31NO/c1-3-5-8-14(4-2)13-16-11-7-6-9-15(16)10-12-17/h14-15,17H,3-13H2,1-2H3. The van der Waals surface area contributed by atoms with Gasteiger partial charge in [-0.25, -0.2) is 0 Å². The predicted molar refractivity (Wildman–Crippen MR) is 74.2 cm³/mol. The maximum atomic E-state index is 9.14. The van der Waals surface area contributed by atoms with Gasteiger partial charge in [0.25, 0.3) is 0 Å². The largest absolute Gasteiger partial charge is 0.396 e. The smallest absolute Gasteiger partial charge is 0.0445 e. The van der Waals surface area contributed by atoms with E-state index in [0.717, 1.165) is 12.3 Å². The third kappa shape index (κ3) is 5.39. The summed E-state index contributed by atoms with van der Waals surface area (Å²) in [6, 6.07) is 0.657. The molecule has 0 saturated carbocycles. The molecule has 1 fully saturated rings. The molecule has 0 aromatic carbocycles. The molecule has 2 nitrogen and oxygen atoms in total. The summed E-state index contributed by atoms with van der Waals surface area (Å²) in [6.07, 6.45) is 10.4. The van der Waals surface area contributed by atoms with Gasteiger partial charge in [0.05, 0.1) is 0 Å². The van der Waals surface area contributed by atoms with E-state index in [1.165, 1.54) is 58.0 Å². The Morgan fingerprint density at radius 3 is 2.76 bits per heavy atom. The molecule has 102 valence electrons. The van der Waals surface area contributed by atoms with Crippen LogP contribution in [0.4, 0.5) is 0 Å². The number of piperidine rings is 1. The van der Waals surface area contributed by atoms with Gasteiger partial charge in [-0.05, 0) is 38.1 Å². The van der Waals surface area contributed by atoms with Crippen LogP contribution in [0.3, 0.4) is 0 Å². The zero-order valence-corrected chi connectivity index (χ0v) is 11.8. The summed E-state index contributed by atoms with van der Waals surface area (Å²) in [6.45, 7) is 7.48. The Bertz CT molecular complexity index is 182. The zero-order valence-electron chi connectivity index (χ0n) is 11.8. The van der Waals surface area contributed by atoms with Crippen molar-refractivity contribution in [3.05, 3.63) is 0 Å². The molecule has 17 heavy (non-hydrogen) atoms. The lowest BCUT2D eigenvalue weighted by Gasteiger charge is -2.37. The van der Waals surface area contributed by atoms with E-state index in [0.29, 0.717) is 12.6 Å². The van der Waals surface area contributed by atoms with Crippen molar-refractivity contribution in [1.29, 1.82) is 0 Å². The van der Waals surface area contributed by atoms with Gasteiger partial charge in [0, 0.05) is 19.2 Å². The van der Waals surface area contributed by atoms with E-state index in [-0.39, 0.29) is 0 Å². The number of nitrogens with zero attached hydrogens (tertiary/aromatic N) is 1. The molecule has 0 spiro atoms. The van der Waals surface area contributed by atoms with Crippen LogP contribution in [0.5, 0.6) is 0 Å². The number of unbranched alkanes of at least 4 members (excludes halogenated alkanes) is 1. The van der Waals surface area contributed by atoms with Crippen LogP contribution in [-0.2, 0) is 0 Å². The van der Waals surface area contributed by atoms with Crippen LogP contribution in [0.25, 0.3) is 0 Å². The summed E-state index contributed by atoms with van der Waals surface area (Å²) in [5, 5.41) is 9.14. The van der Waals surface area contributed by atoms with Gasteiger partial charge in [-0.15, -0.1) is 0 Å². The van der Waals surface area contributed by atoms with Crippen LogP contribution in [-0.4, -0.2) is 35.7 Å². The minimum absolute atomic E-state index is 0.354. The minimum Gasteiger partial charge on any atom is -0.396 e. The molecule has 0 bridgehead atoms. The molecule has 1 aliphatic rings. The first-order valence-electron chi connectivity index (χ1n) is 7.66. The monoisotopic (exact) mass is 241 g/mol. The first kappa shape index (κ1) is 15.0. The summed E-state index contributed by atoms with van der Waals surface area (Å²) >= 11 is 0. The van der Waals surface area contributed by atoms with E-state index >= 15 is 0 Å². The highest BCUT2D eigenvalue weighted by Crippen LogP contribution is 2.23. The maximum absolute atomic E-state index is 9.14. The first-order valence-corrected chi connectivity index (χ1v) is 7.66. The number of aliphatic hydroxyl groups excluding tert-OH is 1. The fraction of sp³-hybridized carbons (Fsp3) is 1.00. The van der Waals surface area contributed by atoms with Crippen molar-refractivity contribution >= 4 is 0 Å². The molecule has 1 aliphatic heterocycles. The molecule has 0 aliphatic carbocycles. The maximum Gasteiger partial charge on any atom is 0.0445 e. The van der Waals surface area contributed by atoms with Crippen LogP contribution in [0.15, 0.2) is 0 Å². The molecule has 1 rings (SSSR count). The van der Waals surface area contributed by atoms with Crippen molar-refractivity contribution in [3.8, 4) is 0 Å². The van der Waals surface area contributed by atoms with Gasteiger partial charge in [0.15, 0.2) is 0 Å². The highest BCUT2D eigenvalue weighted by Gasteiger charge is 2.23. The van der Waals surface area contributed by atoms with E-state index in [9.17, 15) is 0 Å². The van der Waals surface area contributed by atoms with Crippen molar-refractivity contribution in [2.75, 3.05) is 19.7 Å². The third-order valence-corrected chi connectivity index (χ3v) is 4.25. The summed E-state index contributed by atoms with van der Waals surface area (Å²) in [7, 11) is 0. The quantitative estimate of drug-likeness (QED) is 0.703. The highest BCUT2D eigenvalue weighted by molar-refractivity contribution is 4.78. The summed E-state index contributed by atoms with van der Waals surface area (Å²) < 4.78 is 0. The number of likely N-dealkylation sites (tertiary alicyclic amines) is 1. The summed E-state index contributed by atoms with van der Waals surface area (Å²) in [4.78, 5) is 2.66. The van der Waals surface area contributed by atoms with Crippen LogP contribution in [0, 0.1) is 5.92 Å². The average molecular weight is 241 g/mol. The molecule has 0 radical (unpaired) electrons. The average Bonchev–Trinajstić information content (AvgIpc) is 2.36. The van der Waals surface area contributed by atoms with Gasteiger partial charge in [0.2, 0.25) is 0 Å². The lowest BCUT2D eigenvalue weighted by molar-refractivity contribution is 0.0981. The Morgan fingerprint density at radius 2 is 2.12 bits per heavy atom. The molecule has 2 unspecified atom stereocenters. The third-order valence-electron chi connectivity index (χ3n) is 4.25. The van der Waals surface area contributed by atoms with Crippen molar-refractivity contribution in [3.63, 3.8) is 0 Å². The van der Waals surface area contributed by atoms with Crippen LogP contribution >= 0.6 is 0 Å². The minimum atomic E-state index is 0.354. The van der Waals surface area contributed by atoms with Gasteiger partial charge in [-0.1, -0.05) is 39.5 Å². The van der Waals surface area contributed by atoms with Crippen molar-refractivity contribution in [2.45, 2.75) is 71.3 Å². The van der Waals surface area contributed by atoms with Gasteiger partial charge in [-0.2, -0.15) is 0 Å². The van der Waals surface area contributed by atoms with Crippen molar-refractivity contribution in [1.82, 2.24) is 4.90 Å². The Kier molecular flexibility index (Phi) is 7.87. The normalized spacial score (nSPS) is 23.8. The number of hydrogen-bond acceptors (Lipinski definition) is 2. The van der Waals surface area contributed by atoms with E-state index in [1.54, 1.807) is 0 Å². The molecule has 1 saturated heterocycles. The fourth-order valence-electron chi connectivity index (χ4n) is 3.03. The molecule has 1 N–H and O–H groups in total. The van der Waals surface area contributed by atoms with Crippen LogP contribution in [0.2, 0.25) is 0 Å². The van der Waals surface area contributed by atoms with Gasteiger partial charge >= 0.3 is 0 Å². The highest BCUT2D eigenvalue weighted by atomic mass is 16.3. The van der Waals surface area contributed by atoms with E-state index in [4.69, 9.17) is 5.11 Å². The second-order valence-corrected chi connectivity index (χ2v) is 5.57. The predicted octanol–water partition coefficient (Wildman–Crippen LogP) is 3.44. The fourth-order valence-corrected chi connectivity index (χ4v) is 3.03. The Labute approximate surface area is 107 Å². The van der Waals surface area contributed by atoms with E-state index < -0.39 is 0 Å². The molecule has 1 heterocycles. The molecular formula is C15H31NO. The Morgan fingerprint density at radius 1 is 1.29 bits per heavy atom. The van der Waals surface area contributed by atoms with Gasteiger partial charge < -0.3 is 10.0 Å². The lowest BCUT2D eigenvalue weighted by Crippen LogP contribution is -2.42. The molecular weight excluding hydrogens is 210 g/mol. The molecule has 0 aromatic heterocycles. The Balaban J connectivity index is 2.38. The molecule has 0 aromatic rings. The van der Waals surface area contributed by atoms with Gasteiger partial charge in [-0.3, -0.25) is 0 Å². The molecule has 2 atom stereocenters. The number of aliphatic hydroxyl groups is 1. The van der Waals surface area contributed by atoms with Crippen LogP contribution < -0.4 is 0 Å². The van der Waals surface area contributed by atoms with E-state index in [2.05, 4.69) is 18.7 Å². The lowest BCUT2D eigenvalue weighted by atomic mass is 9.94. The second-order valence-electron chi connectivity index (χ2n) is 5.57. The van der Waals surface area contributed by atoms with Crippen molar-refractivity contribution in [2.24, 2.45) is 5.92 Å². The van der Waals surface area contributed by atoms with Crippen molar-refractivity contribution < 1.29 is 5.11 Å². The SMILES string of the molecule is CCCCC(CC)CN1CCCCC1CCO. The zero-order chi connectivity index (χ0) is 12.5. The van der Waals surface area contributed by atoms with Crippen LogP contribution in [0.1, 0.15) is 65.2 Å². The topological polar surface area (TPSA) is 23.5 Å². The molecule has 2 heteroatoms. The number of hydrogen-bond donors (Lipinski definition) is 1. The first-order chi connectivity index (χ1) is 8.31. The number of rotatable bonds is 8. The molecule has 0 amide bonds. The summed E-state index contributed by atoms with van der Waals surface area (Å²) in [5.74, 6) is 0.870. The summed E-state index contributed by atoms with van der Waals surface area (Å²) in [5.41, 5.74) is 0. The van der Waals surface area contributed by atoms with E-state index in [1.807, 2.05) is 0 Å².